The number of nitrogens with zero attached hydrogens (tertiary/aromatic N) is 2. The summed E-state index contributed by atoms with van der Waals surface area (Å²) < 4.78 is 5.13. The van der Waals surface area contributed by atoms with Gasteiger partial charge >= 0.3 is 0 Å². The molecule has 1 heterocycles. The molecule has 0 aromatic rings. The van der Waals surface area contributed by atoms with E-state index >= 15 is 0 Å². The second-order valence-corrected chi connectivity index (χ2v) is 5.82. The maximum absolute atomic E-state index is 12.8. The fourth-order valence-corrected chi connectivity index (χ4v) is 2.98. The van der Waals surface area contributed by atoms with Crippen LogP contribution in [0, 0.1) is 5.41 Å². The molecule has 2 N–H and O–H groups in total. The molecule has 0 aliphatic carbocycles. The van der Waals surface area contributed by atoms with Gasteiger partial charge in [0.05, 0.1) is 12.0 Å². The predicted octanol–water partition coefficient (Wildman–Crippen LogP) is 0.931. The monoisotopic (exact) mass is 285 g/mol. The average molecular weight is 285 g/mol. The van der Waals surface area contributed by atoms with Crippen LogP contribution < -0.4 is 5.73 Å². The molecule has 1 aliphatic rings. The zero-order valence-electron chi connectivity index (χ0n) is 13.5. The average Bonchev–Trinajstić information content (AvgIpc) is 2.48. The Morgan fingerprint density at radius 1 is 1.35 bits per heavy atom. The van der Waals surface area contributed by atoms with E-state index in [4.69, 9.17) is 10.5 Å². The van der Waals surface area contributed by atoms with Crippen molar-refractivity contribution in [1.29, 1.82) is 0 Å². The summed E-state index contributed by atoms with van der Waals surface area (Å²) in [5.74, 6) is 0.239. The standard InChI is InChI=1S/C15H31N3O2/c1-5-15(6-2,12-16)14(19)18-8-7-17(9-10-20-4)13(3)11-18/h13H,5-12,16H2,1-4H3. The van der Waals surface area contributed by atoms with Gasteiger partial charge in [0.15, 0.2) is 0 Å². The molecule has 0 saturated carbocycles. The van der Waals surface area contributed by atoms with Gasteiger partial charge < -0.3 is 15.4 Å². The summed E-state index contributed by atoms with van der Waals surface area (Å²) in [5, 5.41) is 0. The second kappa shape index (κ2) is 7.96. The van der Waals surface area contributed by atoms with E-state index in [1.54, 1.807) is 7.11 Å². The molecule has 0 bridgehead atoms. The molecule has 1 unspecified atom stereocenters. The Kier molecular flexibility index (Phi) is 6.92. The SMILES string of the molecule is CCC(CC)(CN)C(=O)N1CCN(CCOC)C(C)C1. The number of carbonyl (C=O) groups excluding carboxylic acids is 1. The van der Waals surface area contributed by atoms with Crippen molar-refractivity contribution in [3.05, 3.63) is 0 Å². The normalized spacial score (nSPS) is 21.2. The van der Waals surface area contributed by atoms with Crippen molar-refractivity contribution in [3.63, 3.8) is 0 Å². The summed E-state index contributed by atoms with van der Waals surface area (Å²) in [6, 6.07) is 0.382. The Bertz CT molecular complexity index is 297. The highest BCUT2D eigenvalue weighted by molar-refractivity contribution is 5.83. The van der Waals surface area contributed by atoms with E-state index in [2.05, 4.69) is 25.7 Å². The molecule has 1 fully saturated rings. The zero-order valence-corrected chi connectivity index (χ0v) is 13.5. The minimum absolute atomic E-state index is 0.239. The van der Waals surface area contributed by atoms with Gasteiger partial charge in [-0.2, -0.15) is 0 Å². The number of piperazine rings is 1. The van der Waals surface area contributed by atoms with Crippen LogP contribution in [-0.2, 0) is 9.53 Å². The number of hydrogen-bond acceptors (Lipinski definition) is 4. The molecule has 1 aliphatic heterocycles. The molecule has 5 heteroatoms. The Balaban J connectivity index is 2.64. The molecule has 1 saturated heterocycles. The van der Waals surface area contributed by atoms with Crippen molar-refractivity contribution in [2.75, 3.05) is 46.4 Å². The van der Waals surface area contributed by atoms with Gasteiger partial charge in [0.25, 0.3) is 0 Å². The number of hydrogen-bond donors (Lipinski definition) is 1. The van der Waals surface area contributed by atoms with Crippen LogP contribution >= 0.6 is 0 Å². The molecule has 0 spiro atoms. The first kappa shape index (κ1) is 17.4. The second-order valence-electron chi connectivity index (χ2n) is 5.82. The number of nitrogens with two attached hydrogens (primary N) is 1. The van der Waals surface area contributed by atoms with Gasteiger partial charge in [-0.25, -0.2) is 0 Å². The van der Waals surface area contributed by atoms with Gasteiger partial charge in [-0.3, -0.25) is 9.69 Å². The largest absolute Gasteiger partial charge is 0.383 e. The molecule has 1 amide bonds. The summed E-state index contributed by atoms with van der Waals surface area (Å²) in [7, 11) is 1.72. The van der Waals surface area contributed by atoms with E-state index < -0.39 is 0 Å². The third kappa shape index (κ3) is 3.71. The lowest BCUT2D eigenvalue weighted by atomic mass is 9.80. The van der Waals surface area contributed by atoms with Crippen molar-refractivity contribution in [1.82, 2.24) is 9.80 Å². The van der Waals surface area contributed by atoms with Crippen molar-refractivity contribution < 1.29 is 9.53 Å². The summed E-state index contributed by atoms with van der Waals surface area (Å²) >= 11 is 0. The van der Waals surface area contributed by atoms with Crippen LogP contribution in [0.4, 0.5) is 0 Å². The molecule has 20 heavy (non-hydrogen) atoms. The number of methoxy groups -OCH3 is 1. The lowest BCUT2D eigenvalue weighted by Crippen LogP contribution is -2.58. The molecule has 1 atom stereocenters. The summed E-state index contributed by atoms with van der Waals surface area (Å²) in [4.78, 5) is 17.2. The molecule has 0 aromatic carbocycles. The first-order valence-corrected chi connectivity index (χ1v) is 7.77. The predicted molar refractivity (Wildman–Crippen MR) is 81.6 cm³/mol. The number of rotatable bonds is 7. The van der Waals surface area contributed by atoms with Crippen LogP contribution in [0.25, 0.3) is 0 Å². The lowest BCUT2D eigenvalue weighted by Gasteiger charge is -2.43. The van der Waals surface area contributed by atoms with Gasteiger partial charge in [0.2, 0.25) is 5.91 Å². The lowest BCUT2D eigenvalue weighted by molar-refractivity contribution is -0.145. The van der Waals surface area contributed by atoms with E-state index in [-0.39, 0.29) is 11.3 Å². The van der Waals surface area contributed by atoms with Crippen molar-refractivity contribution >= 4 is 5.91 Å². The van der Waals surface area contributed by atoms with Gasteiger partial charge in [-0.1, -0.05) is 13.8 Å². The molecule has 118 valence electrons. The zero-order chi connectivity index (χ0) is 15.2. The van der Waals surface area contributed by atoms with Gasteiger partial charge in [-0.05, 0) is 19.8 Å². The van der Waals surface area contributed by atoms with E-state index in [0.29, 0.717) is 12.6 Å². The quantitative estimate of drug-likeness (QED) is 0.756. The minimum Gasteiger partial charge on any atom is -0.383 e. The van der Waals surface area contributed by atoms with Crippen LogP contribution in [0.2, 0.25) is 0 Å². The van der Waals surface area contributed by atoms with Crippen LogP contribution in [0.3, 0.4) is 0 Å². The van der Waals surface area contributed by atoms with Crippen molar-refractivity contribution in [2.45, 2.75) is 39.7 Å². The first-order chi connectivity index (χ1) is 9.54. The smallest absolute Gasteiger partial charge is 0.230 e. The van der Waals surface area contributed by atoms with E-state index in [1.807, 2.05) is 4.90 Å². The number of amides is 1. The Morgan fingerprint density at radius 3 is 2.45 bits per heavy atom. The molecule has 0 aromatic heterocycles. The molecular weight excluding hydrogens is 254 g/mol. The third-order valence-electron chi connectivity index (χ3n) is 4.83. The summed E-state index contributed by atoms with van der Waals surface area (Å²) in [6.45, 7) is 10.9. The van der Waals surface area contributed by atoms with Gasteiger partial charge in [-0.15, -0.1) is 0 Å². The third-order valence-corrected chi connectivity index (χ3v) is 4.83. The molecule has 5 nitrogen and oxygen atoms in total. The Morgan fingerprint density at radius 2 is 2.00 bits per heavy atom. The molecular formula is C15H31N3O2. The first-order valence-electron chi connectivity index (χ1n) is 7.77. The topological polar surface area (TPSA) is 58.8 Å². The minimum atomic E-state index is -0.367. The van der Waals surface area contributed by atoms with Gasteiger partial charge in [0, 0.05) is 45.9 Å². The highest BCUT2D eigenvalue weighted by Gasteiger charge is 2.38. The number of ether oxygens (including phenoxy) is 1. The Hall–Kier alpha value is -0.650. The maximum atomic E-state index is 12.8. The summed E-state index contributed by atoms with van der Waals surface area (Å²) in [5.41, 5.74) is 5.52. The summed E-state index contributed by atoms with van der Waals surface area (Å²) in [6.07, 6.45) is 1.63. The van der Waals surface area contributed by atoms with Crippen LogP contribution in [0.5, 0.6) is 0 Å². The maximum Gasteiger partial charge on any atom is 0.230 e. The van der Waals surface area contributed by atoms with E-state index in [9.17, 15) is 4.79 Å². The highest BCUT2D eigenvalue weighted by atomic mass is 16.5. The van der Waals surface area contributed by atoms with Crippen LogP contribution in [-0.4, -0.2) is 68.2 Å². The van der Waals surface area contributed by atoms with E-state index in [0.717, 1.165) is 45.6 Å². The molecule has 0 radical (unpaired) electrons. The number of carbonyl (C=O) groups is 1. The van der Waals surface area contributed by atoms with Gasteiger partial charge in [0.1, 0.15) is 0 Å². The fourth-order valence-electron chi connectivity index (χ4n) is 2.98. The van der Waals surface area contributed by atoms with Crippen molar-refractivity contribution in [2.24, 2.45) is 11.1 Å². The van der Waals surface area contributed by atoms with Crippen LogP contribution in [0.15, 0.2) is 0 Å². The fraction of sp³-hybridized carbons (Fsp3) is 0.933. The van der Waals surface area contributed by atoms with E-state index in [1.165, 1.54) is 0 Å². The van der Waals surface area contributed by atoms with Crippen LogP contribution in [0.1, 0.15) is 33.6 Å². The van der Waals surface area contributed by atoms with Crippen molar-refractivity contribution in [3.8, 4) is 0 Å². The highest BCUT2D eigenvalue weighted by Crippen LogP contribution is 2.28. The molecule has 1 rings (SSSR count). The Labute approximate surface area is 123 Å².